The molecule has 1 aliphatic heterocycles. The lowest BCUT2D eigenvalue weighted by Gasteiger charge is -2.42. The lowest BCUT2D eigenvalue weighted by atomic mass is 9.75. The van der Waals surface area contributed by atoms with Crippen molar-refractivity contribution in [2.45, 2.75) is 39.7 Å². The molecule has 1 fully saturated rings. The fourth-order valence-corrected chi connectivity index (χ4v) is 2.07. The fraction of sp³-hybridized carbons (Fsp3) is 0.923. The zero-order chi connectivity index (χ0) is 14.7. The van der Waals surface area contributed by atoms with E-state index in [0.29, 0.717) is 25.9 Å². The maximum Gasteiger partial charge on any atom is 0.330 e. The molecule has 6 heteroatoms. The smallest absolute Gasteiger partial charge is 0.330 e. The molecule has 3 N–H and O–H groups in total. The topological polar surface area (TPSA) is 90.2 Å². The van der Waals surface area contributed by atoms with Gasteiger partial charge in [0, 0.05) is 18.5 Å². The number of rotatable bonds is 4. The molecule has 0 saturated carbocycles. The third-order valence-electron chi connectivity index (χ3n) is 3.74. The zero-order valence-electron chi connectivity index (χ0n) is 11.9. The highest BCUT2D eigenvalue weighted by Gasteiger charge is 2.41. The van der Waals surface area contributed by atoms with Crippen molar-refractivity contribution in [3.05, 3.63) is 0 Å². The summed E-state index contributed by atoms with van der Waals surface area (Å²) in [7, 11) is 0. The van der Waals surface area contributed by atoms with Crippen LogP contribution in [0.3, 0.4) is 0 Å². The summed E-state index contributed by atoms with van der Waals surface area (Å²) in [4.78, 5) is 17.0. The maximum atomic E-state index is 11.8. The molecular weight excluding hydrogens is 250 g/mol. The van der Waals surface area contributed by atoms with Crippen molar-refractivity contribution < 1.29 is 25.0 Å². The molecule has 0 radical (unpaired) electrons. The molecule has 1 unspecified atom stereocenters. The molecule has 0 aromatic carbocycles. The van der Waals surface area contributed by atoms with E-state index in [1.165, 1.54) is 0 Å². The molecule has 1 heterocycles. The highest BCUT2D eigenvalue weighted by atomic mass is 16.7. The van der Waals surface area contributed by atoms with Gasteiger partial charge in [-0.15, -0.1) is 5.06 Å². The number of carbonyl (C=O) groups is 1. The van der Waals surface area contributed by atoms with Gasteiger partial charge in [-0.1, -0.05) is 0 Å². The van der Waals surface area contributed by atoms with Crippen molar-refractivity contribution in [3.63, 3.8) is 0 Å². The molecule has 1 saturated heterocycles. The molecule has 0 spiro atoms. The van der Waals surface area contributed by atoms with Gasteiger partial charge in [0.1, 0.15) is 0 Å². The van der Waals surface area contributed by atoms with E-state index < -0.39 is 16.9 Å². The quantitative estimate of drug-likeness (QED) is 0.665. The van der Waals surface area contributed by atoms with Crippen LogP contribution in [0.25, 0.3) is 0 Å². The van der Waals surface area contributed by atoms with E-state index in [1.807, 2.05) is 0 Å². The zero-order valence-corrected chi connectivity index (χ0v) is 11.9. The second-order valence-corrected chi connectivity index (χ2v) is 6.28. The summed E-state index contributed by atoms with van der Waals surface area (Å²) in [6, 6.07) is 0. The predicted molar refractivity (Wildman–Crippen MR) is 69.0 cm³/mol. The van der Waals surface area contributed by atoms with E-state index in [1.54, 1.807) is 25.8 Å². The van der Waals surface area contributed by atoms with Crippen LogP contribution in [-0.4, -0.2) is 58.8 Å². The van der Waals surface area contributed by atoms with Crippen molar-refractivity contribution >= 4 is 5.97 Å². The molecule has 6 nitrogen and oxygen atoms in total. The minimum absolute atomic E-state index is 0.185. The molecular formula is C13H25NO5. The first-order valence-electron chi connectivity index (χ1n) is 6.62. The first-order valence-corrected chi connectivity index (χ1v) is 6.62. The standard InChI is InChI=1S/C13H25NO5/c1-12(2,3)11(18)19-14-6-4-13(9-16,5-7-14)10(17)8-15/h10,15-17H,4-9H2,1-3H3. The van der Waals surface area contributed by atoms with E-state index in [-0.39, 0.29) is 19.2 Å². The van der Waals surface area contributed by atoms with Crippen molar-refractivity contribution in [1.29, 1.82) is 0 Å². The largest absolute Gasteiger partial charge is 0.396 e. The predicted octanol–water partition coefficient (Wildman–Crippen LogP) is -0.0816. The normalized spacial score (nSPS) is 22.0. The van der Waals surface area contributed by atoms with Crippen LogP contribution in [0.2, 0.25) is 0 Å². The first-order chi connectivity index (χ1) is 8.75. The van der Waals surface area contributed by atoms with Gasteiger partial charge in [-0.25, -0.2) is 4.79 Å². The summed E-state index contributed by atoms with van der Waals surface area (Å²) < 4.78 is 0. The maximum absolute atomic E-state index is 11.8. The van der Waals surface area contributed by atoms with Gasteiger partial charge in [0.25, 0.3) is 0 Å². The average molecular weight is 275 g/mol. The van der Waals surface area contributed by atoms with Crippen molar-refractivity contribution in [3.8, 4) is 0 Å². The third-order valence-corrected chi connectivity index (χ3v) is 3.74. The van der Waals surface area contributed by atoms with E-state index in [2.05, 4.69) is 0 Å². The van der Waals surface area contributed by atoms with Crippen LogP contribution in [0.5, 0.6) is 0 Å². The first kappa shape index (κ1) is 16.4. The van der Waals surface area contributed by atoms with E-state index >= 15 is 0 Å². The molecule has 112 valence electrons. The van der Waals surface area contributed by atoms with Crippen LogP contribution in [0.15, 0.2) is 0 Å². The summed E-state index contributed by atoms with van der Waals surface area (Å²) in [6.45, 7) is 5.68. The number of hydrogen-bond donors (Lipinski definition) is 3. The van der Waals surface area contributed by atoms with Gasteiger partial charge >= 0.3 is 5.97 Å². The summed E-state index contributed by atoms with van der Waals surface area (Å²) in [6.07, 6.45) is 0.00338. The number of hydrogen-bond acceptors (Lipinski definition) is 6. The van der Waals surface area contributed by atoms with Gasteiger partial charge in [-0.3, -0.25) is 0 Å². The molecule has 0 aliphatic carbocycles. The van der Waals surface area contributed by atoms with Crippen molar-refractivity contribution in [2.75, 3.05) is 26.3 Å². The third kappa shape index (κ3) is 3.89. The Morgan fingerprint density at radius 3 is 2.21 bits per heavy atom. The Labute approximate surface area is 113 Å². The minimum atomic E-state index is -0.946. The summed E-state index contributed by atoms with van der Waals surface area (Å²) in [5.74, 6) is -0.299. The van der Waals surface area contributed by atoms with Crippen LogP contribution in [0.4, 0.5) is 0 Å². The van der Waals surface area contributed by atoms with E-state index in [0.717, 1.165) is 0 Å². The number of hydroxylamine groups is 2. The molecule has 1 atom stereocenters. The Morgan fingerprint density at radius 2 is 1.84 bits per heavy atom. The summed E-state index contributed by atoms with van der Waals surface area (Å²) >= 11 is 0. The van der Waals surface area contributed by atoms with Crippen LogP contribution >= 0.6 is 0 Å². The highest BCUT2D eigenvalue weighted by Crippen LogP contribution is 2.35. The van der Waals surface area contributed by atoms with Gasteiger partial charge in [0.2, 0.25) is 0 Å². The SMILES string of the molecule is CC(C)(C)C(=O)ON1CCC(CO)(C(O)CO)CC1. The molecule has 0 amide bonds. The molecule has 0 aromatic rings. The Bertz CT molecular complexity index is 305. The Hall–Kier alpha value is -0.690. The minimum Gasteiger partial charge on any atom is -0.396 e. The van der Waals surface area contributed by atoms with Crippen molar-refractivity contribution in [1.82, 2.24) is 5.06 Å². The monoisotopic (exact) mass is 275 g/mol. The summed E-state index contributed by atoms with van der Waals surface area (Å²) in [5, 5.41) is 29.8. The Morgan fingerprint density at radius 1 is 1.32 bits per heavy atom. The van der Waals surface area contributed by atoms with Crippen LogP contribution in [0.1, 0.15) is 33.6 Å². The lowest BCUT2D eigenvalue weighted by molar-refractivity contribution is -0.216. The number of aliphatic hydroxyl groups excluding tert-OH is 3. The molecule has 1 aliphatic rings. The van der Waals surface area contributed by atoms with Crippen LogP contribution in [-0.2, 0) is 9.63 Å². The molecule has 1 rings (SSSR count). The average Bonchev–Trinajstić information content (AvgIpc) is 2.37. The van der Waals surface area contributed by atoms with Gasteiger partial charge in [0.05, 0.1) is 24.7 Å². The van der Waals surface area contributed by atoms with E-state index in [9.17, 15) is 15.0 Å². The number of nitrogens with zero attached hydrogens (tertiary/aromatic N) is 1. The van der Waals surface area contributed by atoms with Gasteiger partial charge in [-0.05, 0) is 33.6 Å². The van der Waals surface area contributed by atoms with Crippen molar-refractivity contribution in [2.24, 2.45) is 10.8 Å². The van der Waals surface area contributed by atoms with E-state index in [4.69, 9.17) is 9.94 Å². The van der Waals surface area contributed by atoms with Gasteiger partial charge < -0.3 is 20.2 Å². The number of aliphatic hydroxyl groups is 3. The second kappa shape index (κ2) is 6.17. The highest BCUT2D eigenvalue weighted by molar-refractivity contribution is 5.75. The molecule has 19 heavy (non-hydrogen) atoms. The molecule has 0 bridgehead atoms. The fourth-order valence-electron chi connectivity index (χ4n) is 2.07. The van der Waals surface area contributed by atoms with Crippen LogP contribution < -0.4 is 0 Å². The summed E-state index contributed by atoms with van der Waals surface area (Å²) in [5.41, 5.74) is -1.25. The molecule has 0 aromatic heterocycles. The van der Waals surface area contributed by atoms with Gasteiger partial charge in [0.15, 0.2) is 0 Å². The number of carbonyl (C=O) groups excluding carboxylic acids is 1. The Kier molecular flexibility index (Phi) is 5.32. The Balaban J connectivity index is 2.55. The lowest BCUT2D eigenvalue weighted by Crippen LogP contribution is -2.50. The number of piperidine rings is 1. The van der Waals surface area contributed by atoms with Crippen LogP contribution in [0, 0.1) is 10.8 Å². The van der Waals surface area contributed by atoms with Gasteiger partial charge in [-0.2, -0.15) is 0 Å². The second-order valence-electron chi connectivity index (χ2n) is 6.28.